The number of rotatable bonds is 7. The van der Waals surface area contributed by atoms with Gasteiger partial charge in [-0.15, -0.1) is 11.3 Å². The van der Waals surface area contributed by atoms with Crippen LogP contribution in [0.2, 0.25) is 0 Å². The number of carbonyl (C=O) groups is 1. The average molecular weight is 382 g/mol. The Morgan fingerprint density at radius 2 is 2.00 bits per heavy atom. The highest BCUT2D eigenvalue weighted by Crippen LogP contribution is 2.33. The molecule has 0 bridgehead atoms. The number of carboxylic acid groups (broad SMARTS) is 1. The maximum atomic E-state index is 11.3. The predicted octanol–water partition coefficient (Wildman–Crippen LogP) is 4.77. The quantitative estimate of drug-likeness (QED) is 0.726. The molecule has 1 atom stereocenters. The van der Waals surface area contributed by atoms with Crippen LogP contribution >= 0.6 is 27.3 Å². The summed E-state index contributed by atoms with van der Waals surface area (Å²) >= 11 is 5.25. The number of benzene rings is 1. The van der Waals surface area contributed by atoms with E-state index in [-0.39, 0.29) is 0 Å². The zero-order valence-electron chi connectivity index (χ0n) is 12.7. The molecule has 0 spiro atoms. The first-order valence-electron chi connectivity index (χ1n) is 7.27. The normalized spacial score (nSPS) is 12.5. The Balaban J connectivity index is 2.03. The van der Waals surface area contributed by atoms with Crippen LogP contribution in [0, 0.1) is 5.92 Å². The van der Waals surface area contributed by atoms with Gasteiger partial charge in [-0.05, 0) is 30.5 Å². The van der Waals surface area contributed by atoms with Gasteiger partial charge >= 0.3 is 5.97 Å². The zero-order chi connectivity index (χ0) is 16.1. The van der Waals surface area contributed by atoms with Gasteiger partial charge in [0.1, 0.15) is 6.04 Å². The summed E-state index contributed by atoms with van der Waals surface area (Å²) in [5.74, 6) is -0.427. The number of nitrogens with one attached hydrogen (secondary N) is 1. The third-order valence-corrected chi connectivity index (χ3v) is 5.14. The number of halogens is 1. The maximum absolute atomic E-state index is 11.3. The lowest BCUT2D eigenvalue weighted by Crippen LogP contribution is -2.37. The van der Waals surface area contributed by atoms with Crippen LogP contribution in [0.3, 0.4) is 0 Å². The van der Waals surface area contributed by atoms with Gasteiger partial charge in [0, 0.05) is 26.3 Å². The van der Waals surface area contributed by atoms with Crippen molar-refractivity contribution < 1.29 is 9.90 Å². The van der Waals surface area contributed by atoms with Crippen molar-refractivity contribution in [3.8, 4) is 10.4 Å². The molecule has 2 N–H and O–H groups in total. The Hall–Kier alpha value is -1.17. The lowest BCUT2D eigenvalue weighted by atomic mass is 10.0. The van der Waals surface area contributed by atoms with E-state index in [1.807, 2.05) is 32.0 Å². The van der Waals surface area contributed by atoms with Crippen LogP contribution in [0.25, 0.3) is 10.4 Å². The van der Waals surface area contributed by atoms with Gasteiger partial charge in [0.2, 0.25) is 0 Å². The topological polar surface area (TPSA) is 49.3 Å². The molecule has 2 rings (SSSR count). The van der Waals surface area contributed by atoms with E-state index in [1.54, 1.807) is 11.3 Å². The van der Waals surface area contributed by atoms with Crippen LogP contribution in [-0.2, 0) is 11.3 Å². The molecule has 0 aliphatic carbocycles. The number of hydrogen-bond acceptors (Lipinski definition) is 3. The highest BCUT2D eigenvalue weighted by atomic mass is 79.9. The molecule has 5 heteroatoms. The molecule has 2 aromatic rings. The second-order valence-corrected chi connectivity index (χ2v) is 7.67. The first kappa shape index (κ1) is 17.2. The maximum Gasteiger partial charge on any atom is 0.320 e. The lowest BCUT2D eigenvalue weighted by Gasteiger charge is -2.15. The summed E-state index contributed by atoms with van der Waals surface area (Å²) in [7, 11) is 0. The van der Waals surface area contributed by atoms with Crippen molar-refractivity contribution in [3.63, 3.8) is 0 Å². The summed E-state index contributed by atoms with van der Waals surface area (Å²) in [6, 6.07) is 11.8. The van der Waals surface area contributed by atoms with Crippen LogP contribution in [0.4, 0.5) is 0 Å². The monoisotopic (exact) mass is 381 g/mol. The second kappa shape index (κ2) is 7.90. The van der Waals surface area contributed by atoms with Gasteiger partial charge in [0.05, 0.1) is 0 Å². The predicted molar refractivity (Wildman–Crippen MR) is 95.2 cm³/mol. The molecule has 0 radical (unpaired) electrons. The second-order valence-electron chi connectivity index (χ2n) is 5.65. The summed E-state index contributed by atoms with van der Waals surface area (Å²) in [5.41, 5.74) is 1.16. The highest BCUT2D eigenvalue weighted by Gasteiger charge is 2.18. The van der Waals surface area contributed by atoms with Crippen molar-refractivity contribution in [2.24, 2.45) is 5.92 Å². The van der Waals surface area contributed by atoms with Gasteiger partial charge in [-0.25, -0.2) is 0 Å². The Morgan fingerprint density at radius 1 is 1.27 bits per heavy atom. The van der Waals surface area contributed by atoms with E-state index in [4.69, 9.17) is 0 Å². The van der Waals surface area contributed by atoms with Crippen molar-refractivity contribution in [1.29, 1.82) is 0 Å². The van der Waals surface area contributed by atoms with Gasteiger partial charge < -0.3 is 5.11 Å². The molecule has 0 amide bonds. The summed E-state index contributed by atoms with van der Waals surface area (Å²) in [6.07, 6.45) is 0.637. The summed E-state index contributed by atoms with van der Waals surface area (Å²) in [4.78, 5) is 13.6. The highest BCUT2D eigenvalue weighted by molar-refractivity contribution is 9.10. The molecule has 0 aliphatic heterocycles. The number of thiophene rings is 1. The van der Waals surface area contributed by atoms with E-state index in [1.165, 1.54) is 4.88 Å². The fourth-order valence-electron chi connectivity index (χ4n) is 2.25. The van der Waals surface area contributed by atoms with E-state index < -0.39 is 12.0 Å². The molecule has 22 heavy (non-hydrogen) atoms. The van der Waals surface area contributed by atoms with E-state index in [0.29, 0.717) is 18.9 Å². The Morgan fingerprint density at radius 3 is 2.64 bits per heavy atom. The molecule has 0 fully saturated rings. The zero-order valence-corrected chi connectivity index (χ0v) is 15.1. The standard InChI is InChI=1S/C17H20BrNO2S/c1-11(2)9-15(17(20)21)19-10-12-7-8-16(22-12)13-5-3-4-6-14(13)18/h3-8,11,15,19H,9-10H2,1-2H3,(H,20,21)/t15-/m1/s1. The van der Waals surface area contributed by atoms with Crippen molar-refractivity contribution in [3.05, 3.63) is 45.7 Å². The Kier molecular flexibility index (Phi) is 6.17. The van der Waals surface area contributed by atoms with Crippen molar-refractivity contribution in [2.45, 2.75) is 32.9 Å². The molecule has 3 nitrogen and oxygen atoms in total. The minimum Gasteiger partial charge on any atom is -0.480 e. The molecule has 1 heterocycles. The fourth-order valence-corrected chi connectivity index (χ4v) is 3.87. The number of hydrogen-bond donors (Lipinski definition) is 2. The first-order valence-corrected chi connectivity index (χ1v) is 8.88. The third kappa shape index (κ3) is 4.66. The molecule has 0 aliphatic rings. The van der Waals surface area contributed by atoms with Gasteiger partial charge in [-0.3, -0.25) is 10.1 Å². The minimum absolute atomic E-state index is 0.354. The van der Waals surface area contributed by atoms with Gasteiger partial charge in [0.25, 0.3) is 0 Å². The molecule has 0 saturated heterocycles. The lowest BCUT2D eigenvalue weighted by molar-refractivity contribution is -0.140. The number of carboxylic acids is 1. The van der Waals surface area contributed by atoms with E-state index in [9.17, 15) is 9.90 Å². The molecule has 118 valence electrons. The van der Waals surface area contributed by atoms with Crippen LogP contribution in [0.1, 0.15) is 25.1 Å². The summed E-state index contributed by atoms with van der Waals surface area (Å²) in [5, 5.41) is 12.4. The first-order chi connectivity index (χ1) is 10.5. The van der Waals surface area contributed by atoms with Gasteiger partial charge in [-0.2, -0.15) is 0 Å². The SMILES string of the molecule is CC(C)C[C@@H](NCc1ccc(-c2ccccc2Br)s1)C(=O)O. The van der Waals surface area contributed by atoms with Crippen LogP contribution in [0.15, 0.2) is 40.9 Å². The summed E-state index contributed by atoms with van der Waals surface area (Å²) in [6.45, 7) is 4.65. The van der Waals surface area contributed by atoms with E-state index in [2.05, 4.69) is 39.4 Å². The third-order valence-electron chi connectivity index (χ3n) is 3.33. The molecule has 0 saturated carbocycles. The van der Waals surface area contributed by atoms with Crippen molar-refractivity contribution in [1.82, 2.24) is 5.32 Å². The Labute approximate surface area is 143 Å². The average Bonchev–Trinajstić information content (AvgIpc) is 2.92. The van der Waals surface area contributed by atoms with Crippen molar-refractivity contribution in [2.75, 3.05) is 0 Å². The van der Waals surface area contributed by atoms with Crippen LogP contribution in [-0.4, -0.2) is 17.1 Å². The molecule has 1 aromatic heterocycles. The van der Waals surface area contributed by atoms with Crippen LogP contribution < -0.4 is 5.32 Å². The van der Waals surface area contributed by atoms with Gasteiger partial charge in [0.15, 0.2) is 0 Å². The largest absolute Gasteiger partial charge is 0.480 e. The van der Waals surface area contributed by atoms with Crippen molar-refractivity contribution >= 4 is 33.2 Å². The van der Waals surface area contributed by atoms with Crippen LogP contribution in [0.5, 0.6) is 0 Å². The summed E-state index contributed by atoms with van der Waals surface area (Å²) < 4.78 is 1.07. The molecular formula is C17H20BrNO2S. The smallest absolute Gasteiger partial charge is 0.320 e. The van der Waals surface area contributed by atoms with E-state index in [0.717, 1.165) is 14.9 Å². The molecule has 1 aromatic carbocycles. The molecule has 0 unspecified atom stereocenters. The van der Waals surface area contributed by atoms with Gasteiger partial charge in [-0.1, -0.05) is 48.0 Å². The number of aliphatic carboxylic acids is 1. The van der Waals surface area contributed by atoms with E-state index >= 15 is 0 Å². The fraction of sp³-hybridized carbons (Fsp3) is 0.353. The minimum atomic E-state index is -0.781. The Bertz CT molecular complexity index is 639. The molecular weight excluding hydrogens is 362 g/mol.